The number of benzene rings is 1. The molecule has 1 aromatic carbocycles. The van der Waals surface area contributed by atoms with Gasteiger partial charge in [-0.25, -0.2) is 0 Å². The number of fused-ring (bicyclic) bond motifs is 1. The van der Waals surface area contributed by atoms with Gasteiger partial charge in [0.2, 0.25) is 5.91 Å². The lowest BCUT2D eigenvalue weighted by Gasteiger charge is -2.35. The highest BCUT2D eigenvalue weighted by Crippen LogP contribution is 2.34. The van der Waals surface area contributed by atoms with Crippen LogP contribution in [0.2, 0.25) is 0 Å². The van der Waals surface area contributed by atoms with Crippen LogP contribution in [0.4, 0.5) is 5.69 Å². The lowest BCUT2D eigenvalue weighted by atomic mass is 9.91. The Bertz CT molecular complexity index is 468. The molecule has 1 aliphatic rings. The predicted molar refractivity (Wildman–Crippen MR) is 83.9 cm³/mol. The van der Waals surface area contributed by atoms with Crippen molar-refractivity contribution >= 4 is 11.6 Å². The van der Waals surface area contributed by atoms with Gasteiger partial charge in [0.15, 0.2) is 0 Å². The van der Waals surface area contributed by atoms with Gasteiger partial charge in [0.1, 0.15) is 0 Å². The normalized spacial score (nSPS) is 20.1. The average molecular weight is 274 g/mol. The second kappa shape index (κ2) is 6.40. The third-order valence-electron chi connectivity index (χ3n) is 4.65. The Morgan fingerprint density at radius 3 is 2.60 bits per heavy atom. The first-order chi connectivity index (χ1) is 9.58. The Balaban J connectivity index is 2.21. The molecule has 1 amide bonds. The summed E-state index contributed by atoms with van der Waals surface area (Å²) in [5.41, 5.74) is 2.28. The summed E-state index contributed by atoms with van der Waals surface area (Å²) in [6, 6.07) is 8.79. The van der Waals surface area contributed by atoms with Gasteiger partial charge < -0.3 is 10.2 Å². The fourth-order valence-corrected chi connectivity index (χ4v) is 3.24. The van der Waals surface area contributed by atoms with Gasteiger partial charge in [-0.15, -0.1) is 0 Å². The summed E-state index contributed by atoms with van der Waals surface area (Å²) in [5.74, 6) is 0.856. The Kier molecular flexibility index (Phi) is 4.81. The minimum Gasteiger partial charge on any atom is -0.315 e. The number of carbonyl (C=O) groups excluding carboxylic acids is 1. The van der Waals surface area contributed by atoms with Gasteiger partial charge in [-0.2, -0.15) is 0 Å². The number of rotatable bonds is 5. The Morgan fingerprint density at radius 1 is 1.30 bits per heavy atom. The zero-order chi connectivity index (χ0) is 14.7. The maximum atomic E-state index is 12.1. The van der Waals surface area contributed by atoms with Crippen molar-refractivity contribution in [2.45, 2.75) is 52.1 Å². The number of anilines is 1. The largest absolute Gasteiger partial charge is 0.315 e. The maximum Gasteiger partial charge on any atom is 0.228 e. The maximum absolute atomic E-state index is 12.1. The van der Waals surface area contributed by atoms with Gasteiger partial charge in [-0.05, 0) is 24.5 Å². The molecule has 3 nitrogen and oxygen atoms in total. The molecular formula is C17H26N2O. The van der Waals surface area contributed by atoms with Crippen LogP contribution in [0.3, 0.4) is 0 Å². The van der Waals surface area contributed by atoms with Crippen LogP contribution < -0.4 is 10.2 Å². The minimum absolute atomic E-state index is 0.144. The lowest BCUT2D eigenvalue weighted by molar-refractivity contribution is -0.119. The Morgan fingerprint density at radius 2 is 1.95 bits per heavy atom. The summed E-state index contributed by atoms with van der Waals surface area (Å²) in [5, 5.41) is 3.68. The van der Waals surface area contributed by atoms with Crippen molar-refractivity contribution in [3.8, 4) is 0 Å². The number of hydrogen-bond acceptors (Lipinski definition) is 2. The van der Waals surface area contributed by atoms with E-state index in [9.17, 15) is 4.79 Å². The zero-order valence-electron chi connectivity index (χ0n) is 13.0. The van der Waals surface area contributed by atoms with Crippen LogP contribution in [-0.4, -0.2) is 19.0 Å². The fourth-order valence-electron chi connectivity index (χ4n) is 3.24. The van der Waals surface area contributed by atoms with E-state index in [-0.39, 0.29) is 11.9 Å². The topological polar surface area (TPSA) is 32.3 Å². The van der Waals surface area contributed by atoms with E-state index in [2.05, 4.69) is 38.2 Å². The molecule has 20 heavy (non-hydrogen) atoms. The van der Waals surface area contributed by atoms with E-state index in [4.69, 9.17) is 0 Å². The van der Waals surface area contributed by atoms with Crippen molar-refractivity contribution < 1.29 is 4.79 Å². The first-order valence-corrected chi connectivity index (χ1v) is 7.70. The number of carbonyl (C=O) groups is 1. The van der Waals surface area contributed by atoms with E-state index in [0.717, 1.165) is 5.69 Å². The fraction of sp³-hybridized carbons (Fsp3) is 0.588. The molecule has 0 aromatic heterocycles. The summed E-state index contributed by atoms with van der Waals surface area (Å²) in [6.07, 6.45) is 2.90. The van der Waals surface area contributed by atoms with Crippen LogP contribution in [-0.2, 0) is 4.79 Å². The van der Waals surface area contributed by atoms with Crippen molar-refractivity contribution in [3.63, 3.8) is 0 Å². The van der Waals surface area contributed by atoms with E-state index in [1.54, 1.807) is 4.90 Å². The van der Waals surface area contributed by atoms with Crippen LogP contribution in [0, 0.1) is 5.92 Å². The first kappa shape index (κ1) is 15.0. The van der Waals surface area contributed by atoms with Crippen LogP contribution >= 0.6 is 0 Å². The van der Waals surface area contributed by atoms with Crippen LogP contribution in [0.1, 0.15) is 51.6 Å². The molecule has 0 bridgehead atoms. The smallest absolute Gasteiger partial charge is 0.228 e. The van der Waals surface area contributed by atoms with Gasteiger partial charge in [0.05, 0.1) is 0 Å². The van der Waals surface area contributed by atoms with Gasteiger partial charge in [-0.3, -0.25) is 4.79 Å². The second-order valence-corrected chi connectivity index (χ2v) is 5.80. The summed E-state index contributed by atoms with van der Waals surface area (Å²) in [4.78, 5) is 13.9. The van der Waals surface area contributed by atoms with Crippen LogP contribution in [0.5, 0.6) is 0 Å². The van der Waals surface area contributed by atoms with Crippen molar-refractivity contribution in [2.24, 2.45) is 5.92 Å². The van der Waals surface area contributed by atoms with E-state index in [1.807, 2.05) is 19.2 Å². The molecule has 0 saturated carbocycles. The number of nitrogens with zero attached hydrogens (tertiary/aromatic N) is 1. The SMILES string of the molecule is CCC(CC)C(C)NC1CC(=O)N(C)c2ccccc21. The van der Waals surface area contributed by atoms with Crippen molar-refractivity contribution in [3.05, 3.63) is 29.8 Å². The summed E-state index contributed by atoms with van der Waals surface area (Å²) in [6.45, 7) is 6.71. The van der Waals surface area contributed by atoms with Gasteiger partial charge >= 0.3 is 0 Å². The average Bonchev–Trinajstić information content (AvgIpc) is 2.46. The molecular weight excluding hydrogens is 248 g/mol. The highest BCUT2D eigenvalue weighted by Gasteiger charge is 2.30. The standard InChI is InChI=1S/C17H26N2O/c1-5-13(6-2)12(3)18-15-11-17(20)19(4)16-10-8-7-9-14(15)16/h7-10,12-13,15,18H,5-6,11H2,1-4H3. The lowest BCUT2D eigenvalue weighted by Crippen LogP contribution is -2.42. The van der Waals surface area contributed by atoms with Crippen molar-refractivity contribution in [2.75, 3.05) is 11.9 Å². The number of nitrogens with one attached hydrogen (secondary N) is 1. The Hall–Kier alpha value is -1.35. The van der Waals surface area contributed by atoms with Crippen molar-refractivity contribution in [1.29, 1.82) is 0 Å². The summed E-state index contributed by atoms with van der Waals surface area (Å²) < 4.78 is 0. The van der Waals surface area contributed by atoms with Crippen molar-refractivity contribution in [1.82, 2.24) is 5.32 Å². The van der Waals surface area contributed by atoms with Crippen LogP contribution in [0.25, 0.3) is 0 Å². The molecule has 1 aliphatic heterocycles. The molecule has 0 saturated heterocycles. The first-order valence-electron chi connectivity index (χ1n) is 7.70. The molecule has 2 rings (SSSR count). The quantitative estimate of drug-likeness (QED) is 0.891. The van der Waals surface area contributed by atoms with Gasteiger partial charge in [-0.1, -0.05) is 44.9 Å². The molecule has 0 spiro atoms. The molecule has 1 heterocycles. The molecule has 0 fully saturated rings. The highest BCUT2D eigenvalue weighted by molar-refractivity contribution is 5.96. The zero-order valence-corrected chi connectivity index (χ0v) is 13.0. The van der Waals surface area contributed by atoms with Gasteiger partial charge in [0, 0.05) is 31.2 Å². The van der Waals surface area contributed by atoms with E-state index >= 15 is 0 Å². The van der Waals surface area contributed by atoms with Gasteiger partial charge in [0.25, 0.3) is 0 Å². The van der Waals surface area contributed by atoms with E-state index in [0.29, 0.717) is 18.4 Å². The van der Waals surface area contributed by atoms with E-state index in [1.165, 1.54) is 18.4 Å². The molecule has 1 N–H and O–H groups in total. The summed E-state index contributed by atoms with van der Waals surface area (Å²) >= 11 is 0. The third kappa shape index (κ3) is 2.88. The number of amides is 1. The monoisotopic (exact) mass is 274 g/mol. The predicted octanol–water partition coefficient (Wildman–Crippen LogP) is 3.51. The summed E-state index contributed by atoms with van der Waals surface area (Å²) in [7, 11) is 1.86. The van der Waals surface area contributed by atoms with Crippen LogP contribution in [0.15, 0.2) is 24.3 Å². The second-order valence-electron chi connectivity index (χ2n) is 5.80. The molecule has 2 atom stereocenters. The molecule has 3 heteroatoms. The third-order valence-corrected chi connectivity index (χ3v) is 4.65. The molecule has 1 aromatic rings. The molecule has 2 unspecified atom stereocenters. The minimum atomic E-state index is 0.144. The molecule has 0 radical (unpaired) electrons. The Labute approximate surface area is 122 Å². The molecule has 0 aliphatic carbocycles. The number of hydrogen-bond donors (Lipinski definition) is 1. The highest BCUT2D eigenvalue weighted by atomic mass is 16.2. The van der Waals surface area contributed by atoms with E-state index < -0.39 is 0 Å². The molecule has 110 valence electrons. The number of para-hydroxylation sites is 1.